The Hall–Kier alpha value is -2.99. The van der Waals surface area contributed by atoms with Gasteiger partial charge in [0.2, 0.25) is 0 Å². The second-order valence-electron chi connectivity index (χ2n) is 6.71. The van der Waals surface area contributed by atoms with E-state index in [4.69, 9.17) is 4.74 Å². The van der Waals surface area contributed by atoms with Gasteiger partial charge in [0.25, 0.3) is 5.91 Å². The highest BCUT2D eigenvalue weighted by Gasteiger charge is 2.19. The van der Waals surface area contributed by atoms with Crippen LogP contribution in [0.25, 0.3) is 11.0 Å². The monoisotopic (exact) mass is 362 g/mol. The molecule has 6 heteroatoms. The lowest BCUT2D eigenvalue weighted by molar-refractivity contribution is 0.0893. The standard InChI is InChI=1S/C21H22N4O2/c1-27-18-3-2-12-25(14-18)17-7-5-16(6-8-17)24-21(26)15-4-9-19-20(13-15)23-11-10-22-19/h4-11,13,18H,2-3,12,14H2,1H3,(H,24,26). The highest BCUT2D eigenvalue weighted by atomic mass is 16.5. The number of piperidine rings is 1. The van der Waals surface area contributed by atoms with Gasteiger partial charge in [-0.25, -0.2) is 0 Å². The van der Waals surface area contributed by atoms with Gasteiger partial charge in [-0.15, -0.1) is 0 Å². The average Bonchev–Trinajstić information content (AvgIpc) is 2.74. The highest BCUT2D eigenvalue weighted by Crippen LogP contribution is 2.23. The Bertz CT molecular complexity index is 942. The van der Waals surface area contributed by atoms with Crippen LogP contribution in [0.3, 0.4) is 0 Å². The number of carbonyl (C=O) groups is 1. The minimum atomic E-state index is -0.160. The average molecular weight is 362 g/mol. The molecule has 1 aliphatic rings. The number of nitrogens with one attached hydrogen (secondary N) is 1. The van der Waals surface area contributed by atoms with Crippen molar-refractivity contribution in [2.75, 3.05) is 30.4 Å². The Morgan fingerprint density at radius 2 is 1.89 bits per heavy atom. The van der Waals surface area contributed by atoms with Gasteiger partial charge in [-0.3, -0.25) is 14.8 Å². The molecule has 0 radical (unpaired) electrons. The Morgan fingerprint density at radius 3 is 2.67 bits per heavy atom. The fraction of sp³-hybridized carbons (Fsp3) is 0.286. The maximum atomic E-state index is 12.5. The molecule has 3 aromatic rings. The third-order valence-corrected chi connectivity index (χ3v) is 4.93. The molecule has 0 saturated carbocycles. The Kier molecular flexibility index (Phi) is 4.98. The molecule has 138 valence electrons. The minimum absolute atomic E-state index is 0.160. The maximum Gasteiger partial charge on any atom is 0.255 e. The molecule has 4 rings (SSSR count). The normalized spacial score (nSPS) is 17.1. The highest BCUT2D eigenvalue weighted by molar-refractivity contribution is 6.05. The van der Waals surface area contributed by atoms with Crippen molar-refractivity contribution < 1.29 is 9.53 Å². The van der Waals surface area contributed by atoms with E-state index in [2.05, 4.69) is 20.2 Å². The number of hydrogen-bond acceptors (Lipinski definition) is 5. The number of carbonyl (C=O) groups excluding carboxylic acids is 1. The maximum absolute atomic E-state index is 12.5. The number of fused-ring (bicyclic) bond motifs is 1. The van der Waals surface area contributed by atoms with E-state index in [1.807, 2.05) is 30.3 Å². The quantitative estimate of drug-likeness (QED) is 0.769. The van der Waals surface area contributed by atoms with E-state index >= 15 is 0 Å². The lowest BCUT2D eigenvalue weighted by Gasteiger charge is -2.33. The van der Waals surface area contributed by atoms with E-state index in [0.29, 0.717) is 11.1 Å². The molecular formula is C21H22N4O2. The number of benzene rings is 2. The van der Waals surface area contributed by atoms with Crippen LogP contribution < -0.4 is 10.2 Å². The molecule has 0 spiro atoms. The van der Waals surface area contributed by atoms with Gasteiger partial charge in [-0.05, 0) is 55.3 Å². The van der Waals surface area contributed by atoms with Crippen molar-refractivity contribution in [3.8, 4) is 0 Å². The molecule has 1 atom stereocenters. The fourth-order valence-corrected chi connectivity index (χ4v) is 3.43. The van der Waals surface area contributed by atoms with Crippen molar-refractivity contribution in [1.29, 1.82) is 0 Å². The SMILES string of the molecule is COC1CCCN(c2ccc(NC(=O)c3ccc4nccnc4c3)cc2)C1. The number of ether oxygens (including phenoxy) is 1. The van der Waals surface area contributed by atoms with Crippen molar-refractivity contribution in [3.63, 3.8) is 0 Å². The van der Waals surface area contributed by atoms with Gasteiger partial charge in [0.15, 0.2) is 0 Å². The largest absolute Gasteiger partial charge is 0.380 e. The van der Waals surface area contributed by atoms with E-state index in [-0.39, 0.29) is 12.0 Å². The molecule has 1 aliphatic heterocycles. The molecule has 0 aliphatic carbocycles. The van der Waals surface area contributed by atoms with Crippen LogP contribution >= 0.6 is 0 Å². The summed E-state index contributed by atoms with van der Waals surface area (Å²) in [4.78, 5) is 23.3. The third-order valence-electron chi connectivity index (χ3n) is 4.93. The number of hydrogen-bond donors (Lipinski definition) is 1. The first-order valence-corrected chi connectivity index (χ1v) is 9.13. The van der Waals surface area contributed by atoms with E-state index in [0.717, 1.165) is 42.8 Å². The van der Waals surface area contributed by atoms with E-state index in [9.17, 15) is 4.79 Å². The molecule has 1 saturated heterocycles. The second kappa shape index (κ2) is 7.72. The van der Waals surface area contributed by atoms with E-state index < -0.39 is 0 Å². The topological polar surface area (TPSA) is 67.3 Å². The van der Waals surface area contributed by atoms with Crippen molar-refractivity contribution in [2.24, 2.45) is 0 Å². The van der Waals surface area contributed by atoms with Crippen molar-refractivity contribution in [3.05, 3.63) is 60.4 Å². The summed E-state index contributed by atoms with van der Waals surface area (Å²) in [5.74, 6) is -0.160. The Morgan fingerprint density at radius 1 is 1.11 bits per heavy atom. The molecule has 1 fully saturated rings. The molecule has 6 nitrogen and oxygen atoms in total. The lowest BCUT2D eigenvalue weighted by atomic mass is 10.1. The second-order valence-corrected chi connectivity index (χ2v) is 6.71. The first-order chi connectivity index (χ1) is 13.2. The first kappa shape index (κ1) is 17.4. The number of anilines is 2. The van der Waals surface area contributed by atoms with Crippen LogP contribution in [-0.4, -0.2) is 42.2 Å². The van der Waals surface area contributed by atoms with Gasteiger partial charge >= 0.3 is 0 Å². The Balaban J connectivity index is 1.45. The zero-order valence-electron chi connectivity index (χ0n) is 15.3. The van der Waals surface area contributed by atoms with Crippen LogP contribution in [0.4, 0.5) is 11.4 Å². The number of amides is 1. The van der Waals surface area contributed by atoms with Gasteiger partial charge in [-0.2, -0.15) is 0 Å². The fourth-order valence-electron chi connectivity index (χ4n) is 3.43. The predicted molar refractivity (Wildman–Crippen MR) is 106 cm³/mol. The Labute approximate surface area is 158 Å². The van der Waals surface area contributed by atoms with Crippen LogP contribution in [0.5, 0.6) is 0 Å². The molecule has 2 aromatic carbocycles. The molecule has 2 heterocycles. The summed E-state index contributed by atoms with van der Waals surface area (Å²) in [5, 5.41) is 2.94. The molecule has 1 N–H and O–H groups in total. The molecule has 1 unspecified atom stereocenters. The van der Waals surface area contributed by atoms with Gasteiger partial charge < -0.3 is 15.0 Å². The third kappa shape index (κ3) is 3.90. The summed E-state index contributed by atoms with van der Waals surface area (Å²) in [5.41, 5.74) is 3.96. The molecular weight excluding hydrogens is 340 g/mol. The lowest BCUT2D eigenvalue weighted by Crippen LogP contribution is -2.39. The van der Waals surface area contributed by atoms with Crippen LogP contribution in [-0.2, 0) is 4.74 Å². The molecule has 1 aromatic heterocycles. The molecule has 0 bridgehead atoms. The summed E-state index contributed by atoms with van der Waals surface area (Å²) >= 11 is 0. The van der Waals surface area contributed by atoms with Gasteiger partial charge in [0.05, 0.1) is 17.1 Å². The first-order valence-electron chi connectivity index (χ1n) is 9.13. The van der Waals surface area contributed by atoms with Crippen molar-refractivity contribution in [2.45, 2.75) is 18.9 Å². The van der Waals surface area contributed by atoms with Crippen molar-refractivity contribution in [1.82, 2.24) is 9.97 Å². The zero-order valence-corrected chi connectivity index (χ0v) is 15.3. The number of nitrogens with zero attached hydrogens (tertiary/aromatic N) is 3. The number of aromatic nitrogens is 2. The summed E-state index contributed by atoms with van der Waals surface area (Å²) in [6.07, 6.45) is 5.78. The van der Waals surface area contributed by atoms with Gasteiger partial charge in [-0.1, -0.05) is 0 Å². The number of rotatable bonds is 4. The number of methoxy groups -OCH3 is 1. The van der Waals surface area contributed by atoms with Crippen LogP contribution in [0.2, 0.25) is 0 Å². The van der Waals surface area contributed by atoms with Crippen LogP contribution in [0.1, 0.15) is 23.2 Å². The summed E-state index contributed by atoms with van der Waals surface area (Å²) in [6, 6.07) is 13.3. The summed E-state index contributed by atoms with van der Waals surface area (Å²) < 4.78 is 5.49. The zero-order chi connectivity index (χ0) is 18.6. The summed E-state index contributed by atoms with van der Waals surface area (Å²) in [6.45, 7) is 1.93. The van der Waals surface area contributed by atoms with Gasteiger partial charge in [0.1, 0.15) is 0 Å². The van der Waals surface area contributed by atoms with Gasteiger partial charge in [0, 0.05) is 49.5 Å². The van der Waals surface area contributed by atoms with E-state index in [1.54, 1.807) is 31.6 Å². The van der Waals surface area contributed by atoms with Crippen LogP contribution in [0.15, 0.2) is 54.9 Å². The van der Waals surface area contributed by atoms with Crippen LogP contribution in [0, 0.1) is 0 Å². The smallest absolute Gasteiger partial charge is 0.255 e. The predicted octanol–water partition coefficient (Wildman–Crippen LogP) is 3.50. The van der Waals surface area contributed by atoms with Crippen molar-refractivity contribution >= 4 is 28.3 Å². The summed E-state index contributed by atoms with van der Waals surface area (Å²) in [7, 11) is 1.77. The van der Waals surface area contributed by atoms with E-state index in [1.165, 1.54) is 0 Å². The molecule has 27 heavy (non-hydrogen) atoms. The molecule has 1 amide bonds. The minimum Gasteiger partial charge on any atom is -0.380 e.